The van der Waals surface area contributed by atoms with Crippen LogP contribution in [0, 0.1) is 5.92 Å². The van der Waals surface area contributed by atoms with Gasteiger partial charge in [0.2, 0.25) is 5.91 Å². The molecule has 0 fully saturated rings. The predicted octanol–water partition coefficient (Wildman–Crippen LogP) is 1.58. The monoisotopic (exact) mass is 282 g/mol. The zero-order valence-corrected chi connectivity index (χ0v) is 11.8. The number of nitrogens with one attached hydrogen (secondary N) is 2. The van der Waals surface area contributed by atoms with E-state index in [0.717, 1.165) is 16.9 Å². The van der Waals surface area contributed by atoms with Gasteiger partial charge in [-0.2, -0.15) is 0 Å². The molecule has 1 atom stereocenters. The number of rotatable bonds is 4. The summed E-state index contributed by atoms with van der Waals surface area (Å²) in [6, 6.07) is 7.27. The van der Waals surface area contributed by atoms with Crippen LogP contribution in [0.1, 0.15) is 19.7 Å². The Labute approximate surface area is 118 Å². The first-order valence-corrected chi connectivity index (χ1v) is 6.05. The Hall–Kier alpha value is -1.59. The Morgan fingerprint density at radius 2 is 2.11 bits per heavy atom. The number of halogens is 1. The molecule has 0 aliphatic heterocycles. The van der Waals surface area contributed by atoms with Crippen LogP contribution in [0.3, 0.4) is 0 Å². The van der Waals surface area contributed by atoms with Crippen LogP contribution in [0.2, 0.25) is 0 Å². The van der Waals surface area contributed by atoms with Crippen LogP contribution in [0.4, 0.5) is 0 Å². The van der Waals surface area contributed by atoms with Gasteiger partial charge in [-0.25, -0.2) is 4.98 Å². The summed E-state index contributed by atoms with van der Waals surface area (Å²) in [6.45, 7) is 4.21. The molecule has 0 bridgehead atoms. The fourth-order valence-electron chi connectivity index (χ4n) is 1.68. The molecule has 0 aliphatic carbocycles. The lowest BCUT2D eigenvalue weighted by Gasteiger charge is -2.14. The lowest BCUT2D eigenvalue weighted by atomic mass is 10.1. The number of amides is 1. The van der Waals surface area contributed by atoms with E-state index in [9.17, 15) is 4.79 Å². The van der Waals surface area contributed by atoms with Gasteiger partial charge >= 0.3 is 0 Å². The molecule has 2 aromatic rings. The summed E-state index contributed by atoms with van der Waals surface area (Å²) in [5, 5.41) is 2.78. The van der Waals surface area contributed by atoms with Gasteiger partial charge in [0.05, 0.1) is 23.6 Å². The van der Waals surface area contributed by atoms with Gasteiger partial charge in [0.1, 0.15) is 5.82 Å². The molecule has 2 rings (SSSR count). The van der Waals surface area contributed by atoms with Crippen molar-refractivity contribution in [3.8, 4) is 0 Å². The summed E-state index contributed by atoms with van der Waals surface area (Å²) in [4.78, 5) is 19.2. The Balaban J connectivity index is 0.00000180. The zero-order valence-electron chi connectivity index (χ0n) is 11.0. The van der Waals surface area contributed by atoms with Crippen LogP contribution >= 0.6 is 12.4 Å². The number of aromatic nitrogens is 2. The SMILES string of the molecule is CC(C)[C@H](N)C(=O)NCc1nc2ccccc2[nH]1.Cl. The highest BCUT2D eigenvalue weighted by atomic mass is 35.5. The smallest absolute Gasteiger partial charge is 0.237 e. The quantitative estimate of drug-likeness (QED) is 0.796. The lowest BCUT2D eigenvalue weighted by molar-refractivity contribution is -0.123. The van der Waals surface area contributed by atoms with Crippen LogP contribution in [0.5, 0.6) is 0 Å². The zero-order chi connectivity index (χ0) is 13.1. The summed E-state index contributed by atoms with van der Waals surface area (Å²) in [7, 11) is 0. The van der Waals surface area contributed by atoms with Crippen molar-refractivity contribution in [2.75, 3.05) is 0 Å². The molecule has 5 nitrogen and oxygen atoms in total. The topological polar surface area (TPSA) is 83.8 Å². The van der Waals surface area contributed by atoms with Crippen molar-refractivity contribution in [2.24, 2.45) is 11.7 Å². The van der Waals surface area contributed by atoms with Crippen LogP contribution in [-0.2, 0) is 11.3 Å². The molecule has 0 unspecified atom stereocenters. The van der Waals surface area contributed by atoms with Crippen LogP contribution in [0.15, 0.2) is 24.3 Å². The van der Waals surface area contributed by atoms with E-state index in [1.807, 2.05) is 38.1 Å². The summed E-state index contributed by atoms with van der Waals surface area (Å²) in [5.74, 6) is 0.714. The third-order valence-corrected chi connectivity index (χ3v) is 2.89. The minimum absolute atomic E-state index is 0. The lowest BCUT2D eigenvalue weighted by Crippen LogP contribution is -2.43. The van der Waals surface area contributed by atoms with E-state index in [1.54, 1.807) is 0 Å². The molecule has 1 amide bonds. The summed E-state index contributed by atoms with van der Waals surface area (Å²) >= 11 is 0. The van der Waals surface area contributed by atoms with E-state index in [4.69, 9.17) is 5.73 Å². The van der Waals surface area contributed by atoms with Gasteiger partial charge in [0.25, 0.3) is 0 Å². The molecule has 0 saturated carbocycles. The molecule has 0 saturated heterocycles. The molecule has 1 heterocycles. The number of carbonyl (C=O) groups excluding carboxylic acids is 1. The maximum Gasteiger partial charge on any atom is 0.237 e. The second-order valence-corrected chi connectivity index (χ2v) is 4.69. The first-order valence-electron chi connectivity index (χ1n) is 6.05. The molecule has 6 heteroatoms. The molecule has 19 heavy (non-hydrogen) atoms. The highest BCUT2D eigenvalue weighted by Gasteiger charge is 2.16. The molecular weight excluding hydrogens is 264 g/mol. The Bertz CT molecular complexity index is 519. The van der Waals surface area contributed by atoms with Crippen molar-refractivity contribution in [3.05, 3.63) is 30.1 Å². The fraction of sp³-hybridized carbons (Fsp3) is 0.385. The fourth-order valence-corrected chi connectivity index (χ4v) is 1.68. The first-order chi connectivity index (χ1) is 8.58. The first kappa shape index (κ1) is 15.5. The number of nitrogens with zero attached hydrogens (tertiary/aromatic N) is 1. The van der Waals surface area contributed by atoms with Gasteiger partial charge in [0, 0.05) is 0 Å². The Morgan fingerprint density at radius 3 is 2.74 bits per heavy atom. The summed E-state index contributed by atoms with van der Waals surface area (Å²) in [5.41, 5.74) is 7.62. The molecule has 0 aliphatic rings. The molecular formula is C13H19ClN4O. The van der Waals surface area contributed by atoms with Gasteiger partial charge in [-0.15, -0.1) is 12.4 Å². The van der Waals surface area contributed by atoms with E-state index in [2.05, 4.69) is 15.3 Å². The summed E-state index contributed by atoms with van der Waals surface area (Å²) < 4.78 is 0. The van der Waals surface area contributed by atoms with E-state index < -0.39 is 6.04 Å². The molecule has 1 aromatic heterocycles. The van der Waals surface area contributed by atoms with Gasteiger partial charge in [0.15, 0.2) is 0 Å². The number of imidazole rings is 1. The average molecular weight is 283 g/mol. The number of H-pyrrole nitrogens is 1. The number of hydrogen-bond acceptors (Lipinski definition) is 3. The number of benzene rings is 1. The number of fused-ring (bicyclic) bond motifs is 1. The van der Waals surface area contributed by atoms with Gasteiger partial charge in [-0.3, -0.25) is 4.79 Å². The highest BCUT2D eigenvalue weighted by molar-refractivity contribution is 5.85. The van der Waals surface area contributed by atoms with Crippen LogP contribution in [0.25, 0.3) is 11.0 Å². The van der Waals surface area contributed by atoms with Gasteiger partial charge in [-0.1, -0.05) is 26.0 Å². The van der Waals surface area contributed by atoms with Gasteiger partial charge in [-0.05, 0) is 18.1 Å². The number of hydrogen-bond donors (Lipinski definition) is 3. The molecule has 0 spiro atoms. The number of aromatic amines is 1. The third-order valence-electron chi connectivity index (χ3n) is 2.89. The van der Waals surface area contributed by atoms with Crippen molar-refractivity contribution in [1.29, 1.82) is 0 Å². The maximum absolute atomic E-state index is 11.7. The molecule has 104 valence electrons. The Kier molecular flexibility index (Phi) is 5.32. The Morgan fingerprint density at radius 1 is 1.42 bits per heavy atom. The molecule has 1 aromatic carbocycles. The predicted molar refractivity (Wildman–Crippen MR) is 78.0 cm³/mol. The molecule has 0 radical (unpaired) electrons. The minimum Gasteiger partial charge on any atom is -0.348 e. The average Bonchev–Trinajstić information content (AvgIpc) is 2.77. The number of nitrogens with two attached hydrogens (primary N) is 1. The van der Waals surface area contributed by atoms with E-state index in [0.29, 0.717) is 6.54 Å². The standard InChI is InChI=1S/C13H18N4O.ClH/c1-8(2)12(14)13(18)15-7-11-16-9-5-3-4-6-10(9)17-11;/h3-6,8,12H,7,14H2,1-2H3,(H,15,18)(H,16,17);1H/t12-;/m0./s1. The van der Waals surface area contributed by atoms with Crippen LogP contribution < -0.4 is 11.1 Å². The van der Waals surface area contributed by atoms with E-state index in [-0.39, 0.29) is 24.2 Å². The van der Waals surface area contributed by atoms with Crippen molar-refractivity contribution in [1.82, 2.24) is 15.3 Å². The normalized spacial score (nSPS) is 12.2. The summed E-state index contributed by atoms with van der Waals surface area (Å²) in [6.07, 6.45) is 0. The largest absolute Gasteiger partial charge is 0.348 e. The van der Waals surface area contributed by atoms with E-state index in [1.165, 1.54) is 0 Å². The molecule has 4 N–H and O–H groups in total. The van der Waals surface area contributed by atoms with Crippen molar-refractivity contribution < 1.29 is 4.79 Å². The second kappa shape index (κ2) is 6.54. The van der Waals surface area contributed by atoms with Crippen molar-refractivity contribution in [3.63, 3.8) is 0 Å². The van der Waals surface area contributed by atoms with Gasteiger partial charge < -0.3 is 16.0 Å². The number of para-hydroxylation sites is 2. The van der Waals surface area contributed by atoms with Crippen molar-refractivity contribution in [2.45, 2.75) is 26.4 Å². The van der Waals surface area contributed by atoms with Crippen molar-refractivity contribution >= 4 is 29.3 Å². The highest BCUT2D eigenvalue weighted by Crippen LogP contribution is 2.10. The maximum atomic E-state index is 11.7. The number of carbonyl (C=O) groups is 1. The van der Waals surface area contributed by atoms with Crippen LogP contribution in [-0.4, -0.2) is 21.9 Å². The minimum atomic E-state index is -0.477. The van der Waals surface area contributed by atoms with E-state index >= 15 is 0 Å². The third kappa shape index (κ3) is 3.68. The second-order valence-electron chi connectivity index (χ2n) is 4.69.